The van der Waals surface area contributed by atoms with Gasteiger partial charge >= 0.3 is 0 Å². The van der Waals surface area contributed by atoms with Crippen LogP contribution >= 0.6 is 0 Å². The van der Waals surface area contributed by atoms with Crippen molar-refractivity contribution in [3.05, 3.63) is 93.7 Å². The molecule has 2 amide bonds. The van der Waals surface area contributed by atoms with Crippen molar-refractivity contribution in [3.63, 3.8) is 0 Å². The fraction of sp³-hybridized carbons (Fsp3) is 0.120. The molecule has 0 bridgehead atoms. The van der Waals surface area contributed by atoms with Gasteiger partial charge in [0.05, 0.1) is 16.2 Å². The third kappa shape index (κ3) is 3.62. The van der Waals surface area contributed by atoms with Crippen LogP contribution in [0.15, 0.2) is 72.4 Å². The molecule has 0 atom stereocenters. The van der Waals surface area contributed by atoms with E-state index in [1.165, 1.54) is 24.3 Å². The number of nitrogens with zero attached hydrogens (tertiary/aromatic N) is 2. The molecule has 2 aliphatic rings. The van der Waals surface area contributed by atoms with Gasteiger partial charge in [0, 0.05) is 23.9 Å². The fourth-order valence-electron chi connectivity index (χ4n) is 3.90. The molecule has 2 aliphatic heterocycles. The van der Waals surface area contributed by atoms with E-state index < -0.39 is 16.7 Å². The zero-order valence-electron chi connectivity index (χ0n) is 18.1. The molecule has 170 valence electrons. The molecular formula is C25H19N3O6. The lowest BCUT2D eigenvalue weighted by Gasteiger charge is -2.16. The van der Waals surface area contributed by atoms with E-state index in [9.17, 15) is 19.7 Å². The molecule has 0 spiro atoms. The maximum Gasteiger partial charge on any atom is 0.282 e. The van der Waals surface area contributed by atoms with Gasteiger partial charge < -0.3 is 14.8 Å². The van der Waals surface area contributed by atoms with Crippen molar-refractivity contribution in [1.29, 1.82) is 0 Å². The zero-order chi connectivity index (χ0) is 23.8. The number of nitrogens with one attached hydrogen (secondary N) is 1. The maximum absolute atomic E-state index is 13.5. The number of carbonyl (C=O) groups excluding carboxylic acids is 2. The molecule has 3 aromatic rings. The Morgan fingerprint density at radius 1 is 0.941 bits per heavy atom. The monoisotopic (exact) mass is 457 g/mol. The SMILES string of the molecule is CCc1ccc(N2C(=O)C(Nc3ccc4c(c3)OCO4)=C(c3ccc([N+](=O)[O-])cc3)C2=O)cc1. The molecule has 0 unspecified atom stereocenters. The minimum Gasteiger partial charge on any atom is -0.454 e. The summed E-state index contributed by atoms with van der Waals surface area (Å²) in [6.07, 6.45) is 0.825. The van der Waals surface area contributed by atoms with Crippen molar-refractivity contribution in [2.75, 3.05) is 17.0 Å². The first-order valence-electron chi connectivity index (χ1n) is 10.6. The standard InChI is InChI=1S/C25H19N3O6/c1-2-15-3-8-18(9-4-15)27-24(29)22(16-5-10-19(11-6-16)28(31)32)23(25(27)30)26-17-7-12-20-21(13-17)34-14-33-20/h3-13,26H,2,14H2,1H3. The number of imide groups is 1. The summed E-state index contributed by atoms with van der Waals surface area (Å²) in [5.74, 6) is 0.0551. The van der Waals surface area contributed by atoms with Gasteiger partial charge in [-0.3, -0.25) is 19.7 Å². The Morgan fingerprint density at radius 3 is 2.32 bits per heavy atom. The van der Waals surface area contributed by atoms with E-state index >= 15 is 0 Å². The molecule has 2 heterocycles. The van der Waals surface area contributed by atoms with Crippen LogP contribution in [0, 0.1) is 10.1 Å². The van der Waals surface area contributed by atoms with Crippen molar-refractivity contribution >= 4 is 34.4 Å². The molecule has 0 saturated carbocycles. The second-order valence-corrected chi connectivity index (χ2v) is 7.71. The average molecular weight is 457 g/mol. The summed E-state index contributed by atoms with van der Waals surface area (Å²) in [5, 5.41) is 14.1. The number of amides is 2. The number of carbonyl (C=O) groups is 2. The van der Waals surface area contributed by atoms with Crippen LogP contribution < -0.4 is 19.7 Å². The van der Waals surface area contributed by atoms with Crippen molar-refractivity contribution < 1.29 is 24.0 Å². The van der Waals surface area contributed by atoms with E-state index in [2.05, 4.69) is 5.32 Å². The molecule has 34 heavy (non-hydrogen) atoms. The average Bonchev–Trinajstić information content (AvgIpc) is 3.41. The van der Waals surface area contributed by atoms with Crippen LogP contribution in [0.5, 0.6) is 11.5 Å². The Hall–Kier alpha value is -4.66. The van der Waals surface area contributed by atoms with Crippen LogP contribution in [-0.4, -0.2) is 23.5 Å². The Morgan fingerprint density at radius 2 is 1.65 bits per heavy atom. The Kier molecular flexibility index (Phi) is 5.21. The second-order valence-electron chi connectivity index (χ2n) is 7.71. The molecule has 0 radical (unpaired) electrons. The van der Waals surface area contributed by atoms with Crippen LogP contribution in [0.3, 0.4) is 0 Å². The van der Waals surface area contributed by atoms with E-state index in [0.29, 0.717) is 28.4 Å². The lowest BCUT2D eigenvalue weighted by atomic mass is 10.0. The lowest BCUT2D eigenvalue weighted by molar-refractivity contribution is -0.384. The number of hydrogen-bond donors (Lipinski definition) is 1. The van der Waals surface area contributed by atoms with E-state index in [4.69, 9.17) is 9.47 Å². The van der Waals surface area contributed by atoms with Crippen molar-refractivity contribution in [3.8, 4) is 11.5 Å². The first kappa shape index (κ1) is 21.2. The van der Waals surface area contributed by atoms with Crippen LogP contribution in [0.4, 0.5) is 17.1 Å². The van der Waals surface area contributed by atoms with E-state index in [-0.39, 0.29) is 23.8 Å². The highest BCUT2D eigenvalue weighted by molar-refractivity contribution is 6.46. The largest absolute Gasteiger partial charge is 0.454 e. The fourth-order valence-corrected chi connectivity index (χ4v) is 3.90. The van der Waals surface area contributed by atoms with Crippen LogP contribution in [0.2, 0.25) is 0 Å². The molecule has 0 aromatic heterocycles. The van der Waals surface area contributed by atoms with Gasteiger partial charge in [0.1, 0.15) is 5.70 Å². The van der Waals surface area contributed by atoms with Crippen LogP contribution in [-0.2, 0) is 16.0 Å². The van der Waals surface area contributed by atoms with Gasteiger partial charge in [0.2, 0.25) is 6.79 Å². The number of hydrogen-bond acceptors (Lipinski definition) is 7. The minimum absolute atomic E-state index is 0.0669. The van der Waals surface area contributed by atoms with Gasteiger partial charge in [-0.05, 0) is 53.9 Å². The van der Waals surface area contributed by atoms with E-state index in [0.717, 1.165) is 16.9 Å². The predicted molar refractivity (Wildman–Crippen MR) is 125 cm³/mol. The van der Waals surface area contributed by atoms with Gasteiger partial charge in [-0.15, -0.1) is 0 Å². The van der Waals surface area contributed by atoms with Gasteiger partial charge in [-0.1, -0.05) is 19.1 Å². The number of nitro groups is 1. The van der Waals surface area contributed by atoms with E-state index in [1.807, 2.05) is 19.1 Å². The lowest BCUT2D eigenvalue weighted by Crippen LogP contribution is -2.32. The topological polar surface area (TPSA) is 111 Å². The quantitative estimate of drug-likeness (QED) is 0.334. The summed E-state index contributed by atoms with van der Waals surface area (Å²) in [6, 6.07) is 17.8. The van der Waals surface area contributed by atoms with E-state index in [1.54, 1.807) is 30.3 Å². The number of benzene rings is 3. The number of non-ortho nitro benzene ring substituents is 1. The predicted octanol–water partition coefficient (Wildman–Crippen LogP) is 4.28. The number of nitro benzene ring substituents is 1. The molecule has 9 nitrogen and oxygen atoms in total. The van der Waals surface area contributed by atoms with Crippen LogP contribution in [0.1, 0.15) is 18.1 Å². The first-order valence-corrected chi connectivity index (χ1v) is 10.6. The smallest absolute Gasteiger partial charge is 0.282 e. The minimum atomic E-state index is -0.528. The number of anilines is 2. The Labute approximate surface area is 194 Å². The molecule has 5 rings (SSSR count). The summed E-state index contributed by atoms with van der Waals surface area (Å²) >= 11 is 0. The highest BCUT2D eigenvalue weighted by Crippen LogP contribution is 2.38. The first-order chi connectivity index (χ1) is 16.5. The van der Waals surface area contributed by atoms with Gasteiger partial charge in [-0.25, -0.2) is 4.90 Å². The highest BCUT2D eigenvalue weighted by atomic mass is 16.7. The Bertz CT molecular complexity index is 1350. The van der Waals surface area contributed by atoms with Gasteiger partial charge in [-0.2, -0.15) is 0 Å². The maximum atomic E-state index is 13.5. The summed E-state index contributed by atoms with van der Waals surface area (Å²) in [4.78, 5) is 38.6. The molecule has 0 saturated heterocycles. The Balaban J connectivity index is 1.57. The molecule has 9 heteroatoms. The van der Waals surface area contributed by atoms with Crippen molar-refractivity contribution in [1.82, 2.24) is 0 Å². The normalized spacial score (nSPS) is 14.7. The molecular weight excluding hydrogens is 438 g/mol. The van der Waals surface area contributed by atoms with Crippen molar-refractivity contribution in [2.24, 2.45) is 0 Å². The zero-order valence-corrected chi connectivity index (χ0v) is 18.1. The number of rotatable bonds is 6. The third-order valence-electron chi connectivity index (χ3n) is 5.70. The number of aryl methyl sites for hydroxylation is 1. The summed E-state index contributed by atoms with van der Waals surface area (Å²) in [6.45, 7) is 2.12. The summed E-state index contributed by atoms with van der Waals surface area (Å²) < 4.78 is 10.7. The molecule has 3 aromatic carbocycles. The molecule has 1 N–H and O–H groups in total. The van der Waals surface area contributed by atoms with Gasteiger partial charge in [0.15, 0.2) is 11.5 Å². The second kappa shape index (κ2) is 8.36. The van der Waals surface area contributed by atoms with Crippen LogP contribution in [0.25, 0.3) is 5.57 Å². The molecule has 0 aliphatic carbocycles. The highest BCUT2D eigenvalue weighted by Gasteiger charge is 2.40. The molecule has 0 fully saturated rings. The van der Waals surface area contributed by atoms with Gasteiger partial charge in [0.25, 0.3) is 17.5 Å². The van der Waals surface area contributed by atoms with Crippen molar-refractivity contribution in [2.45, 2.75) is 13.3 Å². The number of fused-ring (bicyclic) bond motifs is 1. The number of ether oxygens (including phenoxy) is 2. The third-order valence-corrected chi connectivity index (χ3v) is 5.70. The summed E-state index contributed by atoms with van der Waals surface area (Å²) in [5.41, 5.74) is 2.51. The summed E-state index contributed by atoms with van der Waals surface area (Å²) in [7, 11) is 0.